The zero-order chi connectivity index (χ0) is 13.8. The number of alkyl halides is 2. The first-order chi connectivity index (χ1) is 8.39. The van der Waals surface area contributed by atoms with Crippen LogP contribution in [-0.4, -0.2) is 42.0 Å². The Morgan fingerprint density at radius 2 is 2.00 bits per heavy atom. The molecule has 0 aromatic carbocycles. The first kappa shape index (κ1) is 16.9. The SMILES string of the molecule is CCC(CBr)(CBr)NS(=O)(=O)N1CCCC(C)C1. The van der Waals surface area contributed by atoms with Crippen molar-refractivity contribution in [2.75, 3.05) is 23.7 Å². The van der Waals surface area contributed by atoms with Gasteiger partial charge in [0.15, 0.2) is 0 Å². The summed E-state index contributed by atoms with van der Waals surface area (Å²) in [5, 5.41) is 1.20. The lowest BCUT2D eigenvalue weighted by Gasteiger charge is -2.35. The fourth-order valence-electron chi connectivity index (χ4n) is 2.05. The predicted octanol–water partition coefficient (Wildman–Crippen LogP) is 2.49. The molecule has 1 fully saturated rings. The third-order valence-corrected chi connectivity index (χ3v) is 7.34. The maximum Gasteiger partial charge on any atom is 0.280 e. The number of hydrogen-bond acceptors (Lipinski definition) is 2. The zero-order valence-corrected chi connectivity index (χ0v) is 14.9. The lowest BCUT2D eigenvalue weighted by atomic mass is 10.0. The Bertz CT molecular complexity index is 350. The lowest BCUT2D eigenvalue weighted by Crippen LogP contribution is -2.56. The van der Waals surface area contributed by atoms with E-state index in [1.54, 1.807) is 4.31 Å². The van der Waals surface area contributed by atoms with Crippen LogP contribution >= 0.6 is 31.9 Å². The van der Waals surface area contributed by atoms with Gasteiger partial charge in [-0.05, 0) is 25.2 Å². The topological polar surface area (TPSA) is 49.4 Å². The van der Waals surface area contributed by atoms with Crippen LogP contribution in [0.25, 0.3) is 0 Å². The maximum absolute atomic E-state index is 12.4. The van der Waals surface area contributed by atoms with Gasteiger partial charge in [0.2, 0.25) is 0 Å². The Balaban J connectivity index is 2.80. The summed E-state index contributed by atoms with van der Waals surface area (Å²) in [6.45, 7) is 5.34. The molecule has 108 valence electrons. The summed E-state index contributed by atoms with van der Waals surface area (Å²) in [6, 6.07) is 0. The average molecular weight is 406 g/mol. The summed E-state index contributed by atoms with van der Waals surface area (Å²) in [7, 11) is -3.39. The molecule has 0 aliphatic carbocycles. The summed E-state index contributed by atoms with van der Waals surface area (Å²) in [6.07, 6.45) is 2.80. The van der Waals surface area contributed by atoms with Crippen molar-refractivity contribution in [3.63, 3.8) is 0 Å². The molecule has 0 bridgehead atoms. The highest BCUT2D eigenvalue weighted by Gasteiger charge is 2.35. The van der Waals surface area contributed by atoms with E-state index in [0.717, 1.165) is 19.3 Å². The van der Waals surface area contributed by atoms with Gasteiger partial charge in [0.25, 0.3) is 10.2 Å². The number of nitrogens with zero attached hydrogens (tertiary/aromatic N) is 1. The van der Waals surface area contributed by atoms with E-state index < -0.39 is 15.7 Å². The second-order valence-electron chi connectivity index (χ2n) is 5.11. The molecule has 0 aromatic heterocycles. The minimum atomic E-state index is -3.39. The van der Waals surface area contributed by atoms with Gasteiger partial charge in [0.05, 0.1) is 5.54 Å². The van der Waals surface area contributed by atoms with Crippen molar-refractivity contribution >= 4 is 42.1 Å². The van der Waals surface area contributed by atoms with Gasteiger partial charge in [-0.2, -0.15) is 17.4 Å². The Morgan fingerprint density at radius 1 is 1.39 bits per heavy atom. The van der Waals surface area contributed by atoms with Crippen LogP contribution in [0, 0.1) is 5.92 Å². The van der Waals surface area contributed by atoms with E-state index in [0.29, 0.717) is 29.7 Å². The van der Waals surface area contributed by atoms with Gasteiger partial charge in [-0.1, -0.05) is 45.7 Å². The van der Waals surface area contributed by atoms with Gasteiger partial charge in [0, 0.05) is 23.7 Å². The molecule has 0 amide bonds. The highest BCUT2D eigenvalue weighted by atomic mass is 79.9. The van der Waals surface area contributed by atoms with Crippen molar-refractivity contribution in [1.29, 1.82) is 0 Å². The molecule has 7 heteroatoms. The zero-order valence-electron chi connectivity index (χ0n) is 11.0. The van der Waals surface area contributed by atoms with Crippen molar-refractivity contribution < 1.29 is 8.42 Å². The monoisotopic (exact) mass is 404 g/mol. The standard InChI is InChI=1S/C11H22Br2N2O2S/c1-3-11(8-12,9-13)14-18(16,17)15-6-4-5-10(2)7-15/h10,14H,3-9H2,1-2H3. The molecule has 1 N–H and O–H groups in total. The van der Waals surface area contributed by atoms with Crippen LogP contribution in [0.4, 0.5) is 0 Å². The van der Waals surface area contributed by atoms with Gasteiger partial charge in [-0.3, -0.25) is 0 Å². The first-order valence-electron chi connectivity index (χ1n) is 6.30. The summed E-state index contributed by atoms with van der Waals surface area (Å²) in [5.74, 6) is 0.444. The molecule has 1 aliphatic rings. The third kappa shape index (κ3) is 4.16. The highest BCUT2D eigenvalue weighted by molar-refractivity contribution is 9.09. The van der Waals surface area contributed by atoms with E-state index in [-0.39, 0.29) is 0 Å². The molecule has 1 rings (SSSR count). The van der Waals surface area contributed by atoms with Gasteiger partial charge in [-0.15, -0.1) is 0 Å². The summed E-state index contributed by atoms with van der Waals surface area (Å²) < 4.78 is 29.2. The van der Waals surface area contributed by atoms with Crippen molar-refractivity contribution in [2.24, 2.45) is 5.92 Å². The number of hydrogen-bond donors (Lipinski definition) is 1. The second kappa shape index (κ2) is 7.02. The van der Waals surface area contributed by atoms with E-state index in [1.165, 1.54) is 0 Å². The highest BCUT2D eigenvalue weighted by Crippen LogP contribution is 2.22. The molecular weight excluding hydrogens is 384 g/mol. The fraction of sp³-hybridized carbons (Fsp3) is 1.00. The molecule has 0 radical (unpaired) electrons. The van der Waals surface area contributed by atoms with Gasteiger partial charge in [-0.25, -0.2) is 0 Å². The van der Waals surface area contributed by atoms with Crippen LogP contribution in [0.2, 0.25) is 0 Å². The lowest BCUT2D eigenvalue weighted by molar-refractivity contribution is 0.273. The van der Waals surface area contributed by atoms with Crippen LogP contribution in [0.1, 0.15) is 33.1 Å². The van der Waals surface area contributed by atoms with Crippen molar-refractivity contribution in [2.45, 2.75) is 38.6 Å². The largest absolute Gasteiger partial charge is 0.280 e. The smallest absolute Gasteiger partial charge is 0.195 e. The molecular formula is C11H22Br2N2O2S. The van der Waals surface area contributed by atoms with Gasteiger partial charge in [0.1, 0.15) is 0 Å². The summed E-state index contributed by atoms with van der Waals surface area (Å²) in [4.78, 5) is 0. The van der Waals surface area contributed by atoms with E-state index in [4.69, 9.17) is 0 Å². The van der Waals surface area contributed by atoms with Crippen molar-refractivity contribution in [3.8, 4) is 0 Å². The van der Waals surface area contributed by atoms with Gasteiger partial charge < -0.3 is 0 Å². The van der Waals surface area contributed by atoms with E-state index in [1.807, 2.05) is 6.92 Å². The molecule has 0 saturated carbocycles. The van der Waals surface area contributed by atoms with Crippen molar-refractivity contribution in [3.05, 3.63) is 0 Å². The van der Waals surface area contributed by atoms with Crippen LogP contribution in [0.15, 0.2) is 0 Å². The van der Waals surface area contributed by atoms with Gasteiger partial charge >= 0.3 is 0 Å². The van der Waals surface area contributed by atoms with E-state index in [2.05, 4.69) is 43.5 Å². The number of nitrogens with one attached hydrogen (secondary N) is 1. The van der Waals surface area contributed by atoms with Crippen LogP contribution < -0.4 is 4.72 Å². The molecule has 1 aliphatic heterocycles. The van der Waals surface area contributed by atoms with Crippen LogP contribution in [0.3, 0.4) is 0 Å². The number of rotatable bonds is 6. The second-order valence-corrected chi connectivity index (χ2v) is 7.91. The van der Waals surface area contributed by atoms with Crippen LogP contribution in [-0.2, 0) is 10.2 Å². The molecule has 4 nitrogen and oxygen atoms in total. The normalized spacial score (nSPS) is 23.2. The molecule has 0 aromatic rings. The Kier molecular flexibility index (Phi) is 6.58. The molecule has 0 spiro atoms. The maximum atomic E-state index is 12.4. The minimum absolute atomic E-state index is 0.444. The molecule has 1 saturated heterocycles. The van der Waals surface area contributed by atoms with Crippen molar-refractivity contribution in [1.82, 2.24) is 9.03 Å². The summed E-state index contributed by atoms with van der Waals surface area (Å²) >= 11 is 6.81. The number of piperidine rings is 1. The molecule has 1 unspecified atom stereocenters. The van der Waals surface area contributed by atoms with Crippen LogP contribution in [0.5, 0.6) is 0 Å². The Hall–Kier alpha value is 0.830. The average Bonchev–Trinajstić information content (AvgIpc) is 2.36. The van der Waals surface area contributed by atoms with E-state index in [9.17, 15) is 8.42 Å². The molecule has 18 heavy (non-hydrogen) atoms. The predicted molar refractivity (Wildman–Crippen MR) is 82.6 cm³/mol. The molecule has 1 heterocycles. The first-order valence-corrected chi connectivity index (χ1v) is 9.98. The fourth-order valence-corrected chi connectivity index (χ4v) is 6.21. The minimum Gasteiger partial charge on any atom is -0.195 e. The van der Waals surface area contributed by atoms with E-state index >= 15 is 0 Å². The quantitative estimate of drug-likeness (QED) is 0.690. The molecule has 1 atom stereocenters. The summed E-state index contributed by atoms with van der Waals surface area (Å²) in [5.41, 5.74) is -0.445. The Morgan fingerprint density at radius 3 is 2.44 bits per heavy atom. The number of halogens is 2. The third-order valence-electron chi connectivity index (χ3n) is 3.49. The Labute approximate surface area is 127 Å².